The average Bonchev–Trinajstić information content (AvgIpc) is 3.11. The van der Waals surface area contributed by atoms with Crippen LogP contribution in [0.2, 0.25) is 0 Å². The number of aromatic amines is 1. The van der Waals surface area contributed by atoms with Crippen LogP contribution in [0, 0.1) is 0 Å². The lowest BCUT2D eigenvalue weighted by Crippen LogP contribution is -2.06. The molecule has 0 radical (unpaired) electrons. The molecule has 0 bridgehead atoms. The summed E-state index contributed by atoms with van der Waals surface area (Å²) in [6, 6.07) is 8.76. The zero-order valence-corrected chi connectivity index (χ0v) is 14.5. The monoisotopic (exact) mass is 355 g/mol. The molecule has 0 aliphatic carbocycles. The van der Waals surface area contributed by atoms with Crippen molar-refractivity contribution in [3.05, 3.63) is 40.7 Å². The maximum Gasteiger partial charge on any atom is 0.249 e. The Hall–Kier alpha value is -3.35. The second-order valence-electron chi connectivity index (χ2n) is 5.72. The lowest BCUT2D eigenvalue weighted by Gasteiger charge is -2.15. The minimum absolute atomic E-state index is 0.166. The largest absolute Gasteiger partial charge is 0.493 e. The van der Waals surface area contributed by atoms with Gasteiger partial charge in [0.15, 0.2) is 23.0 Å². The van der Waals surface area contributed by atoms with Crippen molar-refractivity contribution in [2.24, 2.45) is 0 Å². The molecule has 26 heavy (non-hydrogen) atoms. The Bertz CT molecular complexity index is 1030. The molecule has 1 aliphatic rings. The van der Waals surface area contributed by atoms with E-state index in [4.69, 9.17) is 23.7 Å². The predicted molar refractivity (Wildman–Crippen MR) is 95.8 cm³/mol. The zero-order chi connectivity index (χ0) is 18.3. The summed E-state index contributed by atoms with van der Waals surface area (Å²) >= 11 is 0. The lowest BCUT2D eigenvalue weighted by atomic mass is 10.0. The summed E-state index contributed by atoms with van der Waals surface area (Å²) in [5.41, 5.74) is 1.13. The predicted octanol–water partition coefficient (Wildman–Crippen LogP) is 2.95. The van der Waals surface area contributed by atoms with Crippen molar-refractivity contribution in [2.75, 3.05) is 28.1 Å². The van der Waals surface area contributed by atoms with E-state index in [1.807, 2.05) is 6.07 Å². The molecular weight excluding hydrogens is 338 g/mol. The molecule has 2 aromatic carbocycles. The molecule has 0 fully saturated rings. The Labute approximate surface area is 149 Å². The highest BCUT2D eigenvalue weighted by Gasteiger charge is 2.19. The average molecular weight is 355 g/mol. The number of rotatable bonds is 4. The van der Waals surface area contributed by atoms with Gasteiger partial charge >= 0.3 is 0 Å². The van der Waals surface area contributed by atoms with E-state index >= 15 is 0 Å². The van der Waals surface area contributed by atoms with Crippen LogP contribution in [0.15, 0.2) is 35.1 Å². The van der Waals surface area contributed by atoms with Crippen molar-refractivity contribution in [3.63, 3.8) is 0 Å². The molecule has 0 atom stereocenters. The molecule has 1 aliphatic heterocycles. The van der Waals surface area contributed by atoms with Gasteiger partial charge in [0.25, 0.3) is 0 Å². The first-order chi connectivity index (χ1) is 12.6. The molecular formula is C19H17NO6. The first-order valence-electron chi connectivity index (χ1n) is 7.91. The van der Waals surface area contributed by atoms with Crippen molar-refractivity contribution in [2.45, 2.75) is 0 Å². The Morgan fingerprint density at radius 2 is 1.54 bits per heavy atom. The third kappa shape index (κ3) is 2.48. The van der Waals surface area contributed by atoms with E-state index in [9.17, 15) is 4.79 Å². The Morgan fingerprint density at radius 3 is 2.15 bits per heavy atom. The standard InChI is InChI=1S/C19H17NO6/c1-22-15-5-11(6-16(23-2)19(15)24-3)18-12-8-14-13(25-9-26-14)4-10(12)7-17(21)20-18/h4-8H,9H2,1-3H3,(H,20,21). The van der Waals surface area contributed by atoms with Crippen molar-refractivity contribution >= 4 is 10.8 Å². The Balaban J connectivity index is 2.01. The van der Waals surface area contributed by atoms with Crippen molar-refractivity contribution in [1.29, 1.82) is 0 Å². The van der Waals surface area contributed by atoms with Gasteiger partial charge in [-0.05, 0) is 29.7 Å². The van der Waals surface area contributed by atoms with Crippen LogP contribution < -0.4 is 29.2 Å². The Morgan fingerprint density at radius 1 is 0.885 bits per heavy atom. The molecule has 0 saturated carbocycles. The van der Waals surface area contributed by atoms with Gasteiger partial charge < -0.3 is 28.7 Å². The number of fused-ring (bicyclic) bond motifs is 2. The molecule has 0 saturated heterocycles. The summed E-state index contributed by atoms with van der Waals surface area (Å²) in [6.07, 6.45) is 0. The van der Waals surface area contributed by atoms with E-state index in [-0.39, 0.29) is 12.4 Å². The smallest absolute Gasteiger partial charge is 0.249 e. The van der Waals surface area contributed by atoms with Crippen LogP contribution in [0.5, 0.6) is 28.7 Å². The van der Waals surface area contributed by atoms with E-state index in [0.717, 1.165) is 16.3 Å². The molecule has 2 heterocycles. The maximum atomic E-state index is 12.2. The van der Waals surface area contributed by atoms with Crippen LogP contribution in [0.25, 0.3) is 22.0 Å². The molecule has 134 valence electrons. The Kier molecular flexibility index (Phi) is 3.84. The van der Waals surface area contributed by atoms with E-state index < -0.39 is 0 Å². The number of pyridine rings is 1. The van der Waals surface area contributed by atoms with E-state index in [1.165, 1.54) is 6.07 Å². The normalized spacial score (nSPS) is 12.3. The third-order valence-electron chi connectivity index (χ3n) is 4.30. The van der Waals surface area contributed by atoms with Gasteiger partial charge in [-0.1, -0.05) is 0 Å². The summed E-state index contributed by atoms with van der Waals surface area (Å²) in [5, 5.41) is 1.57. The maximum absolute atomic E-state index is 12.2. The number of methoxy groups -OCH3 is 3. The third-order valence-corrected chi connectivity index (χ3v) is 4.30. The summed E-state index contributed by atoms with van der Waals surface area (Å²) in [4.78, 5) is 15.1. The molecule has 4 rings (SSSR count). The lowest BCUT2D eigenvalue weighted by molar-refractivity contribution is 0.174. The van der Waals surface area contributed by atoms with E-state index in [2.05, 4.69) is 4.98 Å². The number of ether oxygens (including phenoxy) is 5. The number of hydrogen-bond acceptors (Lipinski definition) is 6. The van der Waals surface area contributed by atoms with Gasteiger partial charge in [0.05, 0.1) is 27.0 Å². The van der Waals surface area contributed by atoms with Gasteiger partial charge in [-0.3, -0.25) is 4.79 Å². The molecule has 0 unspecified atom stereocenters. The molecule has 7 nitrogen and oxygen atoms in total. The first-order valence-corrected chi connectivity index (χ1v) is 7.91. The number of benzene rings is 2. The van der Waals surface area contributed by atoms with Crippen LogP contribution in [-0.4, -0.2) is 33.1 Å². The highest BCUT2D eigenvalue weighted by Crippen LogP contribution is 2.43. The SMILES string of the molecule is COc1cc(-c2[nH]c(=O)cc3cc4c(cc23)OCO4)cc(OC)c1OC. The second-order valence-corrected chi connectivity index (χ2v) is 5.72. The van der Waals surface area contributed by atoms with Crippen molar-refractivity contribution in [3.8, 4) is 40.0 Å². The fourth-order valence-corrected chi connectivity index (χ4v) is 3.11. The van der Waals surface area contributed by atoms with Gasteiger partial charge in [-0.2, -0.15) is 0 Å². The van der Waals surface area contributed by atoms with Crippen LogP contribution in [0.1, 0.15) is 0 Å². The highest BCUT2D eigenvalue weighted by molar-refractivity contribution is 5.97. The highest BCUT2D eigenvalue weighted by atomic mass is 16.7. The van der Waals surface area contributed by atoms with Crippen LogP contribution >= 0.6 is 0 Å². The van der Waals surface area contributed by atoms with E-state index in [0.29, 0.717) is 34.4 Å². The van der Waals surface area contributed by atoms with Gasteiger partial charge in [-0.25, -0.2) is 0 Å². The van der Waals surface area contributed by atoms with Crippen molar-refractivity contribution in [1.82, 2.24) is 4.98 Å². The number of nitrogens with one attached hydrogen (secondary N) is 1. The molecule has 3 aromatic rings. The van der Waals surface area contributed by atoms with Gasteiger partial charge in [0.1, 0.15) is 0 Å². The number of H-pyrrole nitrogens is 1. The second kappa shape index (κ2) is 6.18. The topological polar surface area (TPSA) is 79.0 Å². The zero-order valence-electron chi connectivity index (χ0n) is 14.5. The van der Waals surface area contributed by atoms with E-state index in [1.54, 1.807) is 39.5 Å². The van der Waals surface area contributed by atoms with Gasteiger partial charge in [-0.15, -0.1) is 0 Å². The van der Waals surface area contributed by atoms with Crippen LogP contribution in [-0.2, 0) is 0 Å². The number of aromatic nitrogens is 1. The van der Waals surface area contributed by atoms with Gasteiger partial charge in [0, 0.05) is 17.0 Å². The minimum atomic E-state index is -0.222. The minimum Gasteiger partial charge on any atom is -0.493 e. The molecule has 1 N–H and O–H groups in total. The van der Waals surface area contributed by atoms with Crippen LogP contribution in [0.3, 0.4) is 0 Å². The fourth-order valence-electron chi connectivity index (χ4n) is 3.11. The summed E-state index contributed by atoms with van der Waals surface area (Å²) in [6.45, 7) is 0.166. The summed E-state index contributed by atoms with van der Waals surface area (Å²) < 4.78 is 27.1. The van der Waals surface area contributed by atoms with Gasteiger partial charge in [0.2, 0.25) is 18.1 Å². The molecule has 0 spiro atoms. The van der Waals surface area contributed by atoms with Crippen molar-refractivity contribution < 1.29 is 23.7 Å². The molecule has 0 amide bonds. The fraction of sp³-hybridized carbons (Fsp3) is 0.211. The van der Waals surface area contributed by atoms with Crippen LogP contribution in [0.4, 0.5) is 0 Å². The first kappa shape index (κ1) is 16.1. The number of hydrogen-bond donors (Lipinski definition) is 1. The molecule has 1 aromatic heterocycles. The molecule has 7 heteroatoms. The quantitative estimate of drug-likeness (QED) is 0.775. The summed E-state index contributed by atoms with van der Waals surface area (Å²) in [5.74, 6) is 2.75. The summed E-state index contributed by atoms with van der Waals surface area (Å²) in [7, 11) is 4.64.